The van der Waals surface area contributed by atoms with E-state index in [4.69, 9.17) is 0 Å². The average molecular weight is 488 g/mol. The molecule has 36 heavy (non-hydrogen) atoms. The molecule has 8 heteroatoms. The van der Waals surface area contributed by atoms with E-state index in [-0.39, 0.29) is 24.3 Å². The van der Waals surface area contributed by atoms with Gasteiger partial charge >= 0.3 is 0 Å². The highest BCUT2D eigenvalue weighted by molar-refractivity contribution is 5.90. The predicted octanol–water partition coefficient (Wildman–Crippen LogP) is 2.40. The van der Waals surface area contributed by atoms with Gasteiger partial charge in [0.15, 0.2) is 0 Å². The summed E-state index contributed by atoms with van der Waals surface area (Å²) in [6, 6.07) is 14.7. The maximum Gasteiger partial charge on any atom is 0.243 e. The standard InChI is InChI=1S/C28H33N5O3/c34-17-21(13-19-15-30-24-7-3-1-5-22(19)24)32-28(36)26(33-27(35)18-9-11-29-12-10-18)14-20-16-31-25-8-4-2-6-23(20)25/h1-8,15-16,18,21,26,29-31,34H,9-14,17H2,(H,32,36)(H,33,35)/t21?,26-/m1/s1. The summed E-state index contributed by atoms with van der Waals surface area (Å²) in [5.41, 5.74) is 4.00. The Morgan fingerprint density at radius 3 is 2.06 bits per heavy atom. The van der Waals surface area contributed by atoms with Gasteiger partial charge in [0.05, 0.1) is 12.6 Å². The molecule has 1 saturated heterocycles. The highest BCUT2D eigenvalue weighted by Gasteiger charge is 2.29. The van der Waals surface area contributed by atoms with Crippen LogP contribution in [0.4, 0.5) is 0 Å². The van der Waals surface area contributed by atoms with Crippen LogP contribution in [-0.2, 0) is 22.4 Å². The molecule has 0 bridgehead atoms. The molecule has 5 rings (SSSR count). The molecule has 2 aromatic carbocycles. The van der Waals surface area contributed by atoms with Crippen LogP contribution in [0.25, 0.3) is 21.8 Å². The van der Waals surface area contributed by atoms with Gasteiger partial charge in [-0.2, -0.15) is 0 Å². The van der Waals surface area contributed by atoms with Gasteiger partial charge in [-0.3, -0.25) is 9.59 Å². The predicted molar refractivity (Wildman–Crippen MR) is 141 cm³/mol. The third kappa shape index (κ3) is 5.29. The number of benzene rings is 2. The van der Waals surface area contributed by atoms with Crippen LogP contribution in [0.5, 0.6) is 0 Å². The summed E-state index contributed by atoms with van der Waals surface area (Å²) >= 11 is 0. The Hall–Kier alpha value is -3.62. The Kier molecular flexibility index (Phi) is 7.34. The van der Waals surface area contributed by atoms with E-state index in [0.29, 0.717) is 12.8 Å². The molecule has 4 aromatic rings. The summed E-state index contributed by atoms with van der Waals surface area (Å²) in [5.74, 6) is -0.487. The van der Waals surface area contributed by atoms with E-state index in [2.05, 4.69) is 25.9 Å². The van der Waals surface area contributed by atoms with Crippen molar-refractivity contribution < 1.29 is 14.7 Å². The summed E-state index contributed by atoms with van der Waals surface area (Å²) in [5, 5.41) is 21.5. The van der Waals surface area contributed by atoms with Crippen LogP contribution < -0.4 is 16.0 Å². The molecule has 1 unspecified atom stereocenters. The third-order valence-corrected chi connectivity index (χ3v) is 7.15. The van der Waals surface area contributed by atoms with E-state index in [0.717, 1.165) is 58.9 Å². The normalized spacial score (nSPS) is 16.1. The number of fused-ring (bicyclic) bond motifs is 2. The van der Waals surface area contributed by atoms with Crippen molar-refractivity contribution in [2.24, 2.45) is 5.92 Å². The number of hydrogen-bond donors (Lipinski definition) is 6. The monoisotopic (exact) mass is 487 g/mol. The summed E-state index contributed by atoms with van der Waals surface area (Å²) in [4.78, 5) is 33.1. The Labute approximate surface area is 209 Å². The number of aliphatic hydroxyl groups is 1. The zero-order valence-corrected chi connectivity index (χ0v) is 20.2. The number of piperidine rings is 1. The smallest absolute Gasteiger partial charge is 0.243 e. The van der Waals surface area contributed by atoms with Crippen LogP contribution in [0.3, 0.4) is 0 Å². The molecule has 8 nitrogen and oxygen atoms in total. The van der Waals surface area contributed by atoms with Gasteiger partial charge in [0.2, 0.25) is 11.8 Å². The van der Waals surface area contributed by atoms with Gasteiger partial charge in [0.25, 0.3) is 0 Å². The minimum Gasteiger partial charge on any atom is -0.394 e. The second-order valence-electron chi connectivity index (χ2n) is 9.60. The molecule has 1 aliphatic heterocycles. The van der Waals surface area contributed by atoms with E-state index in [1.165, 1.54) is 0 Å². The van der Waals surface area contributed by atoms with Crippen molar-refractivity contribution in [3.8, 4) is 0 Å². The number of hydrogen-bond acceptors (Lipinski definition) is 4. The van der Waals surface area contributed by atoms with Gasteiger partial charge in [-0.05, 0) is 55.6 Å². The SMILES string of the molecule is O=C(N[C@H](Cc1c[nH]c2ccccc12)C(=O)NC(CO)Cc1c[nH]c2ccccc12)C1CCNCC1. The maximum atomic E-state index is 13.5. The van der Waals surface area contributed by atoms with Crippen molar-refractivity contribution in [3.05, 3.63) is 72.1 Å². The summed E-state index contributed by atoms with van der Waals surface area (Å²) in [6.07, 6.45) is 6.17. The lowest BCUT2D eigenvalue weighted by Gasteiger charge is -2.26. The highest BCUT2D eigenvalue weighted by Crippen LogP contribution is 2.21. The van der Waals surface area contributed by atoms with Gasteiger partial charge < -0.3 is 31.0 Å². The van der Waals surface area contributed by atoms with Crippen molar-refractivity contribution in [1.82, 2.24) is 25.9 Å². The summed E-state index contributed by atoms with van der Waals surface area (Å²) < 4.78 is 0. The molecule has 0 saturated carbocycles. The first kappa shape index (κ1) is 24.1. The van der Waals surface area contributed by atoms with Crippen molar-refractivity contribution in [1.29, 1.82) is 0 Å². The largest absolute Gasteiger partial charge is 0.394 e. The quantitative estimate of drug-likeness (QED) is 0.217. The zero-order valence-electron chi connectivity index (χ0n) is 20.2. The van der Waals surface area contributed by atoms with Gasteiger partial charge in [0.1, 0.15) is 6.04 Å². The van der Waals surface area contributed by atoms with Gasteiger partial charge in [-0.1, -0.05) is 36.4 Å². The van der Waals surface area contributed by atoms with E-state index in [9.17, 15) is 14.7 Å². The maximum absolute atomic E-state index is 13.5. The second-order valence-corrected chi connectivity index (χ2v) is 9.60. The topological polar surface area (TPSA) is 122 Å². The molecule has 188 valence electrons. The number of carbonyl (C=O) groups is 2. The van der Waals surface area contributed by atoms with E-state index < -0.39 is 12.1 Å². The Morgan fingerprint density at radius 2 is 1.44 bits per heavy atom. The minimum absolute atomic E-state index is 0.0892. The first-order chi connectivity index (χ1) is 17.6. The molecule has 2 aromatic heterocycles. The molecule has 0 radical (unpaired) electrons. The Morgan fingerprint density at radius 1 is 0.861 bits per heavy atom. The Bertz CT molecular complexity index is 1340. The lowest BCUT2D eigenvalue weighted by Crippen LogP contribution is -2.53. The molecular weight excluding hydrogens is 454 g/mol. The van der Waals surface area contributed by atoms with Crippen molar-refractivity contribution >= 4 is 33.6 Å². The number of aromatic nitrogens is 2. The second kappa shape index (κ2) is 11.0. The van der Waals surface area contributed by atoms with E-state index in [1.807, 2.05) is 60.9 Å². The number of rotatable bonds is 9. The number of carbonyl (C=O) groups excluding carboxylic acids is 2. The number of amides is 2. The summed E-state index contributed by atoms with van der Waals surface area (Å²) in [7, 11) is 0. The van der Waals surface area contributed by atoms with Crippen LogP contribution in [-0.4, -0.2) is 58.7 Å². The van der Waals surface area contributed by atoms with Crippen LogP contribution in [0, 0.1) is 5.92 Å². The van der Waals surface area contributed by atoms with Gasteiger partial charge in [-0.15, -0.1) is 0 Å². The van der Waals surface area contributed by atoms with E-state index >= 15 is 0 Å². The van der Waals surface area contributed by atoms with Crippen LogP contribution in [0.15, 0.2) is 60.9 Å². The number of H-pyrrole nitrogens is 2. The average Bonchev–Trinajstić information content (AvgIpc) is 3.52. The fourth-order valence-corrected chi connectivity index (χ4v) is 5.13. The van der Waals surface area contributed by atoms with Crippen LogP contribution in [0.1, 0.15) is 24.0 Å². The fourth-order valence-electron chi connectivity index (χ4n) is 5.13. The Balaban J connectivity index is 1.33. The van der Waals surface area contributed by atoms with Crippen molar-refractivity contribution in [2.75, 3.05) is 19.7 Å². The molecule has 1 aliphatic rings. The van der Waals surface area contributed by atoms with Gasteiger partial charge in [-0.25, -0.2) is 0 Å². The first-order valence-corrected chi connectivity index (χ1v) is 12.6. The molecule has 0 aliphatic carbocycles. The zero-order chi connectivity index (χ0) is 24.9. The third-order valence-electron chi connectivity index (χ3n) is 7.15. The van der Waals surface area contributed by atoms with Crippen molar-refractivity contribution in [2.45, 2.75) is 37.8 Å². The van der Waals surface area contributed by atoms with Gasteiger partial charge in [0, 0.05) is 46.5 Å². The summed E-state index contributed by atoms with van der Waals surface area (Å²) in [6.45, 7) is 1.40. The highest BCUT2D eigenvalue weighted by atomic mass is 16.3. The van der Waals surface area contributed by atoms with Crippen LogP contribution in [0.2, 0.25) is 0 Å². The molecule has 1 fully saturated rings. The molecular formula is C28H33N5O3. The molecule has 6 N–H and O–H groups in total. The lowest BCUT2D eigenvalue weighted by molar-refractivity contribution is -0.132. The molecule has 2 atom stereocenters. The molecule has 2 amide bonds. The minimum atomic E-state index is -0.747. The molecule has 3 heterocycles. The van der Waals surface area contributed by atoms with Crippen LogP contribution >= 0.6 is 0 Å². The lowest BCUT2D eigenvalue weighted by atomic mass is 9.96. The number of aliphatic hydroxyl groups excluding tert-OH is 1. The molecule has 0 spiro atoms. The first-order valence-electron chi connectivity index (χ1n) is 12.6. The van der Waals surface area contributed by atoms with E-state index in [1.54, 1.807) is 0 Å². The fraction of sp³-hybridized carbons (Fsp3) is 0.357. The number of para-hydroxylation sites is 2. The van der Waals surface area contributed by atoms with Crippen molar-refractivity contribution in [3.63, 3.8) is 0 Å². The number of aromatic amines is 2. The number of nitrogens with one attached hydrogen (secondary N) is 5.